The lowest BCUT2D eigenvalue weighted by molar-refractivity contribution is -0.385. The molecule has 0 saturated carbocycles. The van der Waals surface area contributed by atoms with E-state index in [9.17, 15) is 14.9 Å². The van der Waals surface area contributed by atoms with Crippen molar-refractivity contribution in [1.82, 2.24) is 0 Å². The summed E-state index contributed by atoms with van der Waals surface area (Å²) in [6, 6.07) is 11.7. The van der Waals surface area contributed by atoms with E-state index in [0.29, 0.717) is 17.9 Å². The van der Waals surface area contributed by atoms with Gasteiger partial charge in [-0.2, -0.15) is 0 Å². The van der Waals surface area contributed by atoms with Gasteiger partial charge in [0, 0.05) is 24.3 Å². The number of nitro groups is 1. The lowest BCUT2D eigenvalue weighted by Gasteiger charge is -2.04. The molecule has 0 unspecified atom stereocenters. The lowest BCUT2D eigenvalue weighted by Crippen LogP contribution is -2.07. The second-order valence-electron chi connectivity index (χ2n) is 5.06. The van der Waals surface area contributed by atoms with E-state index in [2.05, 4.69) is 5.32 Å². The molecule has 6 nitrogen and oxygen atoms in total. The fraction of sp³-hybridized carbons (Fsp3) is 0.118. The van der Waals surface area contributed by atoms with Gasteiger partial charge in [-0.15, -0.1) is 0 Å². The number of nitro benzene ring substituents is 1. The molecule has 0 spiro atoms. The highest BCUT2D eigenvalue weighted by atomic mass is 16.6. The molecular formula is C17H14N2O4. The Kier molecular flexibility index (Phi) is 4.05. The number of benzene rings is 2. The van der Waals surface area contributed by atoms with E-state index >= 15 is 0 Å². The first-order valence-corrected chi connectivity index (χ1v) is 7.12. The molecule has 0 fully saturated rings. The number of nitrogens with zero attached hydrogens (tertiary/aromatic N) is 1. The number of hydrogen-bond donors (Lipinski definition) is 1. The van der Waals surface area contributed by atoms with Gasteiger partial charge in [-0.3, -0.25) is 14.9 Å². The third-order valence-corrected chi connectivity index (χ3v) is 3.50. The molecule has 2 aromatic carbocycles. The number of nitrogens with one attached hydrogen (secondary N) is 1. The molecule has 0 aliphatic carbocycles. The molecule has 0 atom stereocenters. The highest BCUT2D eigenvalue weighted by Gasteiger charge is 2.13. The van der Waals surface area contributed by atoms with E-state index in [1.165, 1.54) is 18.2 Å². The van der Waals surface area contributed by atoms with Crippen LogP contribution in [0.5, 0.6) is 5.75 Å². The van der Waals surface area contributed by atoms with Gasteiger partial charge in [0.15, 0.2) is 0 Å². The van der Waals surface area contributed by atoms with Crippen LogP contribution in [-0.4, -0.2) is 17.4 Å². The van der Waals surface area contributed by atoms with Gasteiger partial charge in [-0.25, -0.2) is 0 Å². The summed E-state index contributed by atoms with van der Waals surface area (Å²) in [6.45, 7) is 0.657. The Morgan fingerprint density at radius 3 is 2.91 bits per heavy atom. The number of ether oxygens (including phenoxy) is 1. The highest BCUT2D eigenvalue weighted by Crippen LogP contribution is 2.27. The quantitative estimate of drug-likeness (QED) is 0.534. The Bertz CT molecular complexity index is 799. The van der Waals surface area contributed by atoms with Crippen molar-refractivity contribution < 1.29 is 14.5 Å². The van der Waals surface area contributed by atoms with Crippen LogP contribution in [0.15, 0.2) is 48.5 Å². The Balaban J connectivity index is 1.71. The van der Waals surface area contributed by atoms with Crippen LogP contribution in [-0.2, 0) is 11.2 Å². The molecule has 1 amide bonds. The minimum atomic E-state index is -0.474. The smallest absolute Gasteiger partial charge is 0.276 e. The number of para-hydroxylation sites is 1. The maximum atomic E-state index is 12.0. The number of fused-ring (bicyclic) bond motifs is 1. The summed E-state index contributed by atoms with van der Waals surface area (Å²) < 4.78 is 5.41. The van der Waals surface area contributed by atoms with E-state index in [4.69, 9.17) is 4.74 Å². The van der Waals surface area contributed by atoms with Crippen molar-refractivity contribution in [3.63, 3.8) is 0 Å². The first-order chi connectivity index (χ1) is 11.1. The average molecular weight is 310 g/mol. The van der Waals surface area contributed by atoms with Crippen LogP contribution in [0.2, 0.25) is 0 Å². The maximum absolute atomic E-state index is 12.0. The molecule has 116 valence electrons. The van der Waals surface area contributed by atoms with E-state index in [1.807, 2.05) is 12.1 Å². The number of anilines is 1. The molecule has 3 rings (SSSR count). The first-order valence-electron chi connectivity index (χ1n) is 7.12. The van der Waals surface area contributed by atoms with Gasteiger partial charge < -0.3 is 10.1 Å². The van der Waals surface area contributed by atoms with Gasteiger partial charge >= 0.3 is 0 Å². The average Bonchev–Trinajstić information content (AvgIpc) is 3.00. The minimum absolute atomic E-state index is 0.0359. The number of carbonyl (C=O) groups is 1. The highest BCUT2D eigenvalue weighted by molar-refractivity contribution is 6.02. The predicted octanol–water partition coefficient (Wildman–Crippen LogP) is 3.18. The van der Waals surface area contributed by atoms with Crippen LogP contribution in [0, 0.1) is 10.1 Å². The first kappa shape index (κ1) is 14.8. The van der Waals surface area contributed by atoms with Crippen LogP contribution in [0.3, 0.4) is 0 Å². The lowest BCUT2D eigenvalue weighted by atomic mass is 10.1. The molecule has 0 radical (unpaired) electrons. The maximum Gasteiger partial charge on any atom is 0.276 e. The van der Waals surface area contributed by atoms with Crippen molar-refractivity contribution in [2.75, 3.05) is 11.9 Å². The summed E-state index contributed by atoms with van der Waals surface area (Å²) in [6.07, 6.45) is 3.54. The van der Waals surface area contributed by atoms with Gasteiger partial charge in [0.1, 0.15) is 5.75 Å². The summed E-state index contributed by atoms with van der Waals surface area (Å²) in [5, 5.41) is 13.7. The summed E-state index contributed by atoms with van der Waals surface area (Å²) in [5.41, 5.74) is 2.08. The van der Waals surface area contributed by atoms with Crippen LogP contribution in [0.4, 0.5) is 11.4 Å². The SMILES string of the molecule is O=C(/C=C/c1ccccc1[N+](=O)[O-])Nc1ccc2c(c1)CCO2. The molecule has 1 N–H and O–H groups in total. The van der Waals surface area contributed by atoms with E-state index in [1.54, 1.807) is 24.3 Å². The summed E-state index contributed by atoms with van der Waals surface area (Å²) in [5.74, 6) is 0.500. The van der Waals surface area contributed by atoms with Gasteiger partial charge in [-0.1, -0.05) is 12.1 Å². The molecule has 0 bridgehead atoms. The Morgan fingerprint density at radius 2 is 2.09 bits per heavy atom. The Labute approximate surface area is 132 Å². The Hall–Kier alpha value is -3.15. The van der Waals surface area contributed by atoms with Crippen molar-refractivity contribution in [3.8, 4) is 5.75 Å². The second kappa shape index (κ2) is 6.31. The molecule has 1 heterocycles. The van der Waals surface area contributed by atoms with Crippen molar-refractivity contribution in [2.24, 2.45) is 0 Å². The molecule has 0 saturated heterocycles. The van der Waals surface area contributed by atoms with E-state index in [0.717, 1.165) is 17.7 Å². The largest absolute Gasteiger partial charge is 0.493 e. The van der Waals surface area contributed by atoms with Crippen molar-refractivity contribution >= 4 is 23.4 Å². The van der Waals surface area contributed by atoms with Crippen molar-refractivity contribution in [1.29, 1.82) is 0 Å². The normalized spacial score (nSPS) is 12.7. The molecule has 6 heteroatoms. The van der Waals surface area contributed by atoms with Gasteiger partial charge in [0.05, 0.1) is 17.1 Å². The van der Waals surface area contributed by atoms with Gasteiger partial charge in [0.25, 0.3) is 5.69 Å². The van der Waals surface area contributed by atoms with Crippen LogP contribution >= 0.6 is 0 Å². The third-order valence-electron chi connectivity index (χ3n) is 3.50. The van der Waals surface area contributed by atoms with Crippen molar-refractivity contribution in [2.45, 2.75) is 6.42 Å². The van der Waals surface area contributed by atoms with Crippen LogP contribution in [0.25, 0.3) is 6.08 Å². The minimum Gasteiger partial charge on any atom is -0.493 e. The third kappa shape index (κ3) is 3.37. The fourth-order valence-corrected chi connectivity index (χ4v) is 2.41. The molecule has 1 aliphatic heterocycles. The van der Waals surface area contributed by atoms with Crippen LogP contribution < -0.4 is 10.1 Å². The molecule has 1 aliphatic rings. The van der Waals surface area contributed by atoms with Crippen molar-refractivity contribution in [3.05, 3.63) is 69.8 Å². The number of carbonyl (C=O) groups excluding carboxylic acids is 1. The zero-order valence-electron chi connectivity index (χ0n) is 12.2. The van der Waals surface area contributed by atoms with E-state index in [-0.39, 0.29) is 11.6 Å². The fourth-order valence-electron chi connectivity index (χ4n) is 2.41. The zero-order chi connectivity index (χ0) is 16.2. The van der Waals surface area contributed by atoms with Gasteiger partial charge in [-0.05, 0) is 35.9 Å². The topological polar surface area (TPSA) is 81.5 Å². The summed E-state index contributed by atoms with van der Waals surface area (Å²) in [4.78, 5) is 22.4. The summed E-state index contributed by atoms with van der Waals surface area (Å²) >= 11 is 0. The van der Waals surface area contributed by atoms with E-state index < -0.39 is 4.92 Å². The number of amides is 1. The standard InChI is InChI=1S/C17H14N2O4/c20-17(8-5-12-3-1-2-4-15(12)19(21)22)18-14-6-7-16-13(11-14)9-10-23-16/h1-8,11H,9-10H2,(H,18,20)/b8-5+. The molecule has 23 heavy (non-hydrogen) atoms. The Morgan fingerprint density at radius 1 is 1.26 bits per heavy atom. The van der Waals surface area contributed by atoms with Crippen LogP contribution in [0.1, 0.15) is 11.1 Å². The van der Waals surface area contributed by atoms with Gasteiger partial charge in [0.2, 0.25) is 5.91 Å². The summed E-state index contributed by atoms with van der Waals surface area (Å²) in [7, 11) is 0. The molecular weight excluding hydrogens is 296 g/mol. The number of hydrogen-bond acceptors (Lipinski definition) is 4. The molecule has 2 aromatic rings. The number of rotatable bonds is 4. The second-order valence-corrected chi connectivity index (χ2v) is 5.06. The molecule has 0 aromatic heterocycles. The predicted molar refractivity (Wildman–Crippen MR) is 86.4 cm³/mol. The zero-order valence-corrected chi connectivity index (χ0v) is 12.2. The monoisotopic (exact) mass is 310 g/mol.